The van der Waals surface area contributed by atoms with Crippen molar-refractivity contribution >= 4 is 39.9 Å². The summed E-state index contributed by atoms with van der Waals surface area (Å²) < 4.78 is 7.05. The predicted octanol–water partition coefficient (Wildman–Crippen LogP) is 4.45. The van der Waals surface area contributed by atoms with Crippen LogP contribution in [-0.4, -0.2) is 25.6 Å². The Bertz CT molecular complexity index is 1540. The summed E-state index contributed by atoms with van der Waals surface area (Å²) in [5, 5.41) is 9.81. The maximum absolute atomic E-state index is 13.3. The van der Waals surface area contributed by atoms with E-state index in [4.69, 9.17) is 16.1 Å². The van der Waals surface area contributed by atoms with Crippen molar-refractivity contribution in [1.29, 1.82) is 0 Å². The second-order valence-corrected chi connectivity index (χ2v) is 9.08. The predicted molar refractivity (Wildman–Crippen MR) is 131 cm³/mol. The third-order valence-electron chi connectivity index (χ3n) is 5.17. The highest BCUT2D eigenvalue weighted by Gasteiger charge is 2.19. The van der Waals surface area contributed by atoms with Gasteiger partial charge in [0.2, 0.25) is 17.2 Å². The molecule has 0 unspecified atom stereocenters. The quantitative estimate of drug-likeness (QED) is 0.376. The molecule has 0 aliphatic rings. The Morgan fingerprint density at radius 3 is 2.74 bits per heavy atom. The smallest absolute Gasteiger partial charge is 0.263 e. The van der Waals surface area contributed by atoms with Gasteiger partial charge in [0.25, 0.3) is 5.89 Å². The van der Waals surface area contributed by atoms with Crippen molar-refractivity contribution in [2.75, 3.05) is 0 Å². The normalized spacial score (nSPS) is 11.1. The Kier molecular flexibility index (Phi) is 5.95. The summed E-state index contributed by atoms with van der Waals surface area (Å²) in [7, 11) is 0. The molecule has 0 atom stereocenters. The summed E-state index contributed by atoms with van der Waals surface area (Å²) >= 11 is 7.52. The minimum Gasteiger partial charge on any atom is -0.350 e. The summed E-state index contributed by atoms with van der Waals surface area (Å²) in [6, 6.07) is 14.3. The lowest BCUT2D eigenvalue weighted by Crippen LogP contribution is -2.28. The van der Waals surface area contributed by atoms with Crippen LogP contribution in [0.4, 0.5) is 0 Å². The van der Waals surface area contributed by atoms with Crippen molar-refractivity contribution < 1.29 is 9.32 Å². The van der Waals surface area contributed by atoms with Gasteiger partial charge in [-0.15, -0.1) is 11.3 Å². The molecule has 0 fully saturated rings. The second kappa shape index (κ2) is 9.20. The van der Waals surface area contributed by atoms with Crippen LogP contribution in [0.3, 0.4) is 0 Å². The van der Waals surface area contributed by atoms with Crippen molar-refractivity contribution in [3.05, 3.63) is 85.9 Å². The van der Waals surface area contributed by atoms with Gasteiger partial charge in [0.15, 0.2) is 0 Å². The molecule has 170 valence electrons. The first-order chi connectivity index (χ1) is 16.5. The molecule has 4 aromatic heterocycles. The number of carbonyl (C=O) groups excluding carboxylic acids is 1. The third kappa shape index (κ3) is 4.48. The fourth-order valence-corrected chi connectivity index (χ4v) is 4.26. The van der Waals surface area contributed by atoms with Gasteiger partial charge >= 0.3 is 0 Å². The van der Waals surface area contributed by atoms with E-state index in [1.54, 1.807) is 58.5 Å². The summed E-state index contributed by atoms with van der Waals surface area (Å²) in [6.07, 6.45) is 1.54. The number of aromatic nitrogens is 4. The topological polar surface area (TPSA) is 103 Å². The van der Waals surface area contributed by atoms with Crippen molar-refractivity contribution in [2.45, 2.75) is 20.0 Å². The van der Waals surface area contributed by atoms with E-state index in [9.17, 15) is 9.59 Å². The van der Waals surface area contributed by atoms with E-state index < -0.39 is 0 Å². The number of halogens is 1. The molecule has 0 bridgehead atoms. The number of carbonyl (C=O) groups is 1. The molecule has 8 nitrogen and oxygen atoms in total. The Morgan fingerprint density at radius 2 is 1.97 bits per heavy atom. The zero-order chi connectivity index (χ0) is 23.7. The van der Waals surface area contributed by atoms with Crippen molar-refractivity contribution in [2.24, 2.45) is 0 Å². The Labute approximate surface area is 202 Å². The first-order valence-corrected chi connectivity index (χ1v) is 11.6. The fourth-order valence-electron chi connectivity index (χ4n) is 3.49. The molecule has 1 N–H and O–H groups in total. The van der Waals surface area contributed by atoms with Gasteiger partial charge in [0, 0.05) is 27.4 Å². The van der Waals surface area contributed by atoms with Gasteiger partial charge in [-0.05, 0) is 54.8 Å². The number of amides is 1. The Morgan fingerprint density at radius 1 is 1.15 bits per heavy atom. The summed E-state index contributed by atoms with van der Waals surface area (Å²) in [4.78, 5) is 35.9. The number of rotatable bonds is 6. The molecule has 5 aromatic rings. The summed E-state index contributed by atoms with van der Waals surface area (Å²) in [5.41, 5.74) is 1.74. The molecule has 5 rings (SSSR count). The highest BCUT2D eigenvalue weighted by atomic mass is 35.5. The molecular formula is C24H18ClN5O3S. The van der Waals surface area contributed by atoms with E-state index in [0.717, 1.165) is 10.6 Å². The van der Waals surface area contributed by atoms with Crippen LogP contribution < -0.4 is 10.7 Å². The van der Waals surface area contributed by atoms with Gasteiger partial charge in [-0.3, -0.25) is 9.59 Å². The minimum atomic E-state index is -0.302. The molecule has 10 heteroatoms. The molecular weight excluding hydrogens is 474 g/mol. The molecule has 0 saturated carbocycles. The minimum absolute atomic E-state index is 0.0240. The Hall–Kier alpha value is -3.82. The number of nitrogens with one attached hydrogen (secondary N) is 1. The van der Waals surface area contributed by atoms with Crippen molar-refractivity contribution in [3.63, 3.8) is 0 Å². The van der Waals surface area contributed by atoms with Crippen LogP contribution in [0.25, 0.3) is 33.9 Å². The highest BCUT2D eigenvalue weighted by molar-refractivity contribution is 7.09. The van der Waals surface area contributed by atoms with Crippen LogP contribution >= 0.6 is 22.9 Å². The van der Waals surface area contributed by atoms with Gasteiger partial charge in [-0.1, -0.05) is 22.8 Å². The van der Waals surface area contributed by atoms with E-state index >= 15 is 0 Å². The molecule has 34 heavy (non-hydrogen) atoms. The standard InChI is InChI=1S/C24H18ClN5O3S/c1-14-4-9-18-21(32)19(24-28-22(29-33-24)15-5-7-16(25)8-6-15)12-30(23(18)27-14)13-20(31)26-11-17-3-2-10-34-17/h2-10,12H,11,13H2,1H3,(H,26,31). The first kappa shape index (κ1) is 22.0. The van der Waals surface area contributed by atoms with Gasteiger partial charge in [-0.2, -0.15) is 4.98 Å². The third-order valence-corrected chi connectivity index (χ3v) is 6.30. The fraction of sp³-hybridized carbons (Fsp3) is 0.125. The lowest BCUT2D eigenvalue weighted by molar-refractivity contribution is -0.121. The highest BCUT2D eigenvalue weighted by Crippen LogP contribution is 2.23. The lowest BCUT2D eigenvalue weighted by Gasteiger charge is -2.12. The first-order valence-electron chi connectivity index (χ1n) is 10.4. The van der Waals surface area contributed by atoms with E-state index in [1.807, 2.05) is 24.4 Å². The Balaban J connectivity index is 1.52. The second-order valence-electron chi connectivity index (χ2n) is 7.61. The number of thiophene rings is 1. The van der Waals surface area contributed by atoms with Crippen molar-refractivity contribution in [3.8, 4) is 22.8 Å². The largest absolute Gasteiger partial charge is 0.350 e. The van der Waals surface area contributed by atoms with Crippen LogP contribution in [-0.2, 0) is 17.9 Å². The number of aryl methyl sites for hydroxylation is 1. The van der Waals surface area contributed by atoms with Crippen LogP contribution in [0.15, 0.2) is 69.4 Å². The molecule has 0 spiro atoms. The lowest BCUT2D eigenvalue weighted by atomic mass is 10.1. The molecule has 0 radical (unpaired) electrons. The van der Waals surface area contributed by atoms with E-state index in [-0.39, 0.29) is 29.3 Å². The number of nitrogens with zero attached hydrogens (tertiary/aromatic N) is 4. The zero-order valence-electron chi connectivity index (χ0n) is 18.0. The van der Waals surface area contributed by atoms with Crippen LogP contribution in [0, 0.1) is 6.92 Å². The monoisotopic (exact) mass is 491 g/mol. The zero-order valence-corrected chi connectivity index (χ0v) is 19.6. The molecule has 4 heterocycles. The van der Waals surface area contributed by atoms with Gasteiger partial charge in [0.05, 0.1) is 11.9 Å². The number of hydrogen-bond donors (Lipinski definition) is 1. The average molecular weight is 492 g/mol. The molecule has 0 aliphatic carbocycles. The van der Waals surface area contributed by atoms with Crippen LogP contribution in [0.5, 0.6) is 0 Å². The maximum Gasteiger partial charge on any atom is 0.263 e. The molecule has 1 amide bonds. The van der Waals surface area contributed by atoms with E-state index in [0.29, 0.717) is 34.0 Å². The van der Waals surface area contributed by atoms with E-state index in [1.165, 1.54) is 0 Å². The molecule has 1 aromatic carbocycles. The maximum atomic E-state index is 13.3. The average Bonchev–Trinajstić information content (AvgIpc) is 3.52. The molecule has 0 aliphatic heterocycles. The number of benzene rings is 1. The number of pyridine rings is 2. The number of hydrogen-bond acceptors (Lipinski definition) is 7. The van der Waals surface area contributed by atoms with Gasteiger partial charge in [0.1, 0.15) is 17.8 Å². The van der Waals surface area contributed by atoms with Crippen LogP contribution in [0.2, 0.25) is 5.02 Å². The van der Waals surface area contributed by atoms with E-state index in [2.05, 4.69) is 20.4 Å². The van der Waals surface area contributed by atoms with Crippen molar-refractivity contribution in [1.82, 2.24) is 25.0 Å². The number of fused-ring (bicyclic) bond motifs is 1. The SMILES string of the molecule is Cc1ccc2c(=O)c(-c3nc(-c4ccc(Cl)cc4)no3)cn(CC(=O)NCc3cccs3)c2n1. The van der Waals surface area contributed by atoms with Gasteiger partial charge < -0.3 is 14.4 Å². The molecule has 0 saturated heterocycles. The van der Waals surface area contributed by atoms with Gasteiger partial charge in [-0.25, -0.2) is 4.98 Å². The van der Waals surface area contributed by atoms with Crippen LogP contribution in [0.1, 0.15) is 10.6 Å². The summed E-state index contributed by atoms with van der Waals surface area (Å²) in [6.45, 7) is 2.24. The summed E-state index contributed by atoms with van der Waals surface area (Å²) in [5.74, 6) is 0.179.